The number of ether oxygens (including phenoxy) is 1. The van der Waals surface area contributed by atoms with Crippen molar-refractivity contribution in [2.45, 2.75) is 27.2 Å². The molecule has 0 aromatic heterocycles. The molecule has 1 aliphatic rings. The van der Waals surface area contributed by atoms with Gasteiger partial charge in [0, 0.05) is 16.7 Å². The molecule has 0 unspecified atom stereocenters. The summed E-state index contributed by atoms with van der Waals surface area (Å²) in [6.45, 7) is 6.45. The fraction of sp³-hybridized carbons (Fsp3) is 0.261. The van der Waals surface area contributed by atoms with Crippen molar-refractivity contribution < 1.29 is 14.3 Å². The first-order chi connectivity index (χ1) is 14.8. The largest absolute Gasteiger partial charge is 0.484 e. The van der Waals surface area contributed by atoms with E-state index in [1.165, 1.54) is 11.8 Å². The van der Waals surface area contributed by atoms with Gasteiger partial charge in [0.25, 0.3) is 11.8 Å². The minimum Gasteiger partial charge on any atom is -0.484 e. The number of hydrogen-bond acceptors (Lipinski definition) is 5. The lowest BCUT2D eigenvalue weighted by atomic mass is 10.1. The maximum Gasteiger partial charge on any atom is 0.266 e. The van der Waals surface area contributed by atoms with Crippen molar-refractivity contribution in [2.24, 2.45) is 0 Å². The van der Waals surface area contributed by atoms with Crippen LogP contribution in [0.3, 0.4) is 0 Å². The van der Waals surface area contributed by atoms with Crippen LogP contribution in [0.4, 0.5) is 5.69 Å². The third-order valence-electron chi connectivity index (χ3n) is 4.63. The second-order valence-electron chi connectivity index (χ2n) is 7.15. The molecule has 1 N–H and O–H groups in total. The average molecular weight is 519 g/mol. The van der Waals surface area contributed by atoms with Crippen molar-refractivity contribution in [2.75, 3.05) is 18.5 Å². The molecule has 1 aliphatic heterocycles. The molecule has 2 amide bonds. The van der Waals surface area contributed by atoms with E-state index in [0.29, 0.717) is 21.5 Å². The molecule has 1 saturated heterocycles. The van der Waals surface area contributed by atoms with Crippen molar-refractivity contribution in [3.05, 3.63) is 62.5 Å². The van der Waals surface area contributed by atoms with Gasteiger partial charge in [-0.05, 0) is 67.3 Å². The number of thioether (sulfide) groups is 1. The molecular formula is C23H23BrN2O3S2. The van der Waals surface area contributed by atoms with Crippen LogP contribution >= 0.6 is 39.9 Å². The van der Waals surface area contributed by atoms with Gasteiger partial charge in [0.1, 0.15) is 10.1 Å². The van der Waals surface area contributed by atoms with Crippen LogP contribution < -0.4 is 10.1 Å². The van der Waals surface area contributed by atoms with E-state index in [9.17, 15) is 9.59 Å². The molecule has 8 heteroatoms. The van der Waals surface area contributed by atoms with Crippen LogP contribution in [0.15, 0.2) is 45.8 Å². The highest BCUT2D eigenvalue weighted by molar-refractivity contribution is 9.10. The summed E-state index contributed by atoms with van der Waals surface area (Å²) in [5, 5.41) is 2.91. The molecule has 0 spiro atoms. The summed E-state index contributed by atoms with van der Waals surface area (Å²) < 4.78 is 7.19. The van der Waals surface area contributed by atoms with E-state index in [2.05, 4.69) is 21.2 Å². The third kappa shape index (κ3) is 5.96. The number of benzene rings is 2. The van der Waals surface area contributed by atoms with Crippen LogP contribution in [-0.2, 0) is 9.59 Å². The van der Waals surface area contributed by atoms with Gasteiger partial charge in [-0.2, -0.15) is 0 Å². The fourth-order valence-corrected chi connectivity index (χ4v) is 5.16. The summed E-state index contributed by atoms with van der Waals surface area (Å²) in [7, 11) is 0. The maximum atomic E-state index is 12.4. The number of hydrogen-bond donors (Lipinski definition) is 1. The molecule has 0 radical (unpaired) electrons. The average Bonchev–Trinajstić information content (AvgIpc) is 2.98. The summed E-state index contributed by atoms with van der Waals surface area (Å²) in [4.78, 5) is 27.0. The van der Waals surface area contributed by atoms with Crippen LogP contribution in [0.5, 0.6) is 5.75 Å². The molecule has 5 nitrogen and oxygen atoms in total. The minimum atomic E-state index is -0.225. The van der Waals surface area contributed by atoms with Crippen molar-refractivity contribution >= 4 is 67.8 Å². The van der Waals surface area contributed by atoms with Gasteiger partial charge in [0.2, 0.25) is 0 Å². The second-order valence-corrected chi connectivity index (χ2v) is 9.75. The highest BCUT2D eigenvalue weighted by Gasteiger charge is 2.31. The standard InChI is InChI=1S/C23H23BrN2O3S2/c1-4-9-26-22(28)19(31-23(26)30)12-16-5-7-18(8-6-16)29-13-20(27)25-21-14(2)10-17(24)11-15(21)3/h5-8,10-12H,4,9,13H2,1-3H3,(H,25,27)/b19-12-. The summed E-state index contributed by atoms with van der Waals surface area (Å²) in [5.41, 5.74) is 3.63. The van der Waals surface area contributed by atoms with Gasteiger partial charge in [-0.15, -0.1) is 0 Å². The number of carbonyl (C=O) groups excluding carboxylic acids is 2. The van der Waals surface area contributed by atoms with Gasteiger partial charge in [0.15, 0.2) is 6.61 Å². The number of thiocarbonyl (C=S) groups is 1. The van der Waals surface area contributed by atoms with Gasteiger partial charge in [-0.1, -0.05) is 59.0 Å². The van der Waals surface area contributed by atoms with Crippen molar-refractivity contribution in [3.63, 3.8) is 0 Å². The zero-order valence-electron chi connectivity index (χ0n) is 17.5. The van der Waals surface area contributed by atoms with Gasteiger partial charge in [0.05, 0.1) is 4.91 Å². The Hall–Kier alpha value is -2.16. The van der Waals surface area contributed by atoms with E-state index in [1.54, 1.807) is 17.0 Å². The van der Waals surface area contributed by atoms with Gasteiger partial charge in [-0.25, -0.2) is 0 Å². The predicted octanol–water partition coefficient (Wildman–Crippen LogP) is 5.69. The number of rotatable bonds is 7. The van der Waals surface area contributed by atoms with E-state index in [1.807, 2.05) is 51.1 Å². The highest BCUT2D eigenvalue weighted by Crippen LogP contribution is 2.32. The number of amides is 2. The van der Waals surface area contributed by atoms with Crippen LogP contribution in [0.2, 0.25) is 0 Å². The topological polar surface area (TPSA) is 58.6 Å². The van der Waals surface area contributed by atoms with Gasteiger partial charge in [-0.3, -0.25) is 14.5 Å². The number of nitrogens with zero attached hydrogens (tertiary/aromatic N) is 1. The summed E-state index contributed by atoms with van der Waals surface area (Å²) in [6, 6.07) is 11.2. The summed E-state index contributed by atoms with van der Waals surface area (Å²) >= 11 is 10.1. The monoisotopic (exact) mass is 518 g/mol. The molecule has 0 aliphatic carbocycles. The summed E-state index contributed by atoms with van der Waals surface area (Å²) in [5.74, 6) is 0.305. The minimum absolute atomic E-state index is 0.0487. The van der Waals surface area contributed by atoms with Crippen molar-refractivity contribution in [3.8, 4) is 5.75 Å². The van der Waals surface area contributed by atoms with Crippen LogP contribution in [0.1, 0.15) is 30.0 Å². The molecule has 1 fully saturated rings. The number of carbonyl (C=O) groups is 2. The Bertz CT molecular complexity index is 1030. The first kappa shape index (κ1) is 23.5. The Balaban J connectivity index is 1.58. The Morgan fingerprint density at radius 2 is 1.87 bits per heavy atom. The van der Waals surface area contributed by atoms with Crippen LogP contribution in [0.25, 0.3) is 6.08 Å². The Kier molecular flexibility index (Phi) is 7.91. The first-order valence-corrected chi connectivity index (χ1v) is 11.8. The van der Waals surface area contributed by atoms with E-state index in [0.717, 1.165) is 33.3 Å². The molecule has 2 aromatic carbocycles. The fourth-order valence-electron chi connectivity index (χ4n) is 3.16. The molecule has 1 heterocycles. The maximum absolute atomic E-state index is 12.4. The molecule has 0 bridgehead atoms. The normalized spacial score (nSPS) is 15.0. The van der Waals surface area contributed by atoms with E-state index in [4.69, 9.17) is 17.0 Å². The van der Waals surface area contributed by atoms with Crippen LogP contribution in [-0.4, -0.2) is 34.2 Å². The molecule has 162 valence electrons. The first-order valence-electron chi connectivity index (χ1n) is 9.83. The predicted molar refractivity (Wildman–Crippen MR) is 134 cm³/mol. The number of aryl methyl sites for hydroxylation is 2. The van der Waals surface area contributed by atoms with Crippen LogP contribution in [0, 0.1) is 13.8 Å². The lowest BCUT2D eigenvalue weighted by Crippen LogP contribution is -2.28. The zero-order valence-corrected chi connectivity index (χ0v) is 20.7. The van der Waals surface area contributed by atoms with E-state index in [-0.39, 0.29) is 18.4 Å². The molecule has 2 aromatic rings. The Morgan fingerprint density at radius 3 is 2.48 bits per heavy atom. The number of halogens is 1. The molecule has 0 saturated carbocycles. The lowest BCUT2D eigenvalue weighted by Gasteiger charge is -2.13. The SMILES string of the molecule is CCCN1C(=O)/C(=C/c2ccc(OCC(=O)Nc3c(C)cc(Br)cc3C)cc2)SC1=S. The van der Waals surface area contributed by atoms with Crippen molar-refractivity contribution in [1.82, 2.24) is 4.90 Å². The number of anilines is 1. The Morgan fingerprint density at radius 1 is 1.23 bits per heavy atom. The van der Waals surface area contributed by atoms with Gasteiger partial charge >= 0.3 is 0 Å². The number of nitrogens with one attached hydrogen (secondary N) is 1. The molecule has 31 heavy (non-hydrogen) atoms. The molecule has 0 atom stereocenters. The molecular weight excluding hydrogens is 496 g/mol. The lowest BCUT2D eigenvalue weighted by molar-refractivity contribution is -0.122. The van der Waals surface area contributed by atoms with Crippen molar-refractivity contribution in [1.29, 1.82) is 0 Å². The zero-order chi connectivity index (χ0) is 22.5. The second kappa shape index (κ2) is 10.4. The summed E-state index contributed by atoms with van der Waals surface area (Å²) in [6.07, 6.45) is 2.69. The van der Waals surface area contributed by atoms with Gasteiger partial charge < -0.3 is 10.1 Å². The Labute approximate surface area is 200 Å². The molecule has 3 rings (SSSR count). The van der Waals surface area contributed by atoms with E-state index < -0.39 is 0 Å². The smallest absolute Gasteiger partial charge is 0.266 e. The highest BCUT2D eigenvalue weighted by atomic mass is 79.9. The third-order valence-corrected chi connectivity index (χ3v) is 6.47. The van der Waals surface area contributed by atoms with E-state index >= 15 is 0 Å². The quantitative estimate of drug-likeness (QED) is 0.376.